The highest BCUT2D eigenvalue weighted by atomic mass is 32.2. The molecule has 5 nitrogen and oxygen atoms in total. The van der Waals surface area contributed by atoms with Crippen LogP contribution in [0, 0.1) is 5.41 Å². The molecule has 3 N–H and O–H groups in total. The van der Waals surface area contributed by atoms with Crippen molar-refractivity contribution in [1.29, 1.82) is 5.41 Å². The maximum atomic E-state index is 12.2. The van der Waals surface area contributed by atoms with Gasteiger partial charge in [-0.1, -0.05) is 26.0 Å². The van der Waals surface area contributed by atoms with E-state index in [1.807, 2.05) is 13.8 Å². The van der Waals surface area contributed by atoms with Gasteiger partial charge in [0.1, 0.15) is 11.7 Å². The number of nitrogens with one attached hydrogen (secondary N) is 1. The molecule has 1 aromatic heterocycles. The fourth-order valence-electron chi connectivity index (χ4n) is 1.59. The molecule has 2 rings (SSSR count). The molecule has 1 heterocycles. The molecule has 1 aromatic carbocycles. The van der Waals surface area contributed by atoms with Crippen LogP contribution in [0.2, 0.25) is 0 Å². The SMILES string of the molecule is CC.N=C(c1ccc(SC(F)(F)F)cc1)n1c(N)ccnc1=O. The summed E-state index contributed by atoms with van der Waals surface area (Å²) in [5, 5.41) is 7.92. The van der Waals surface area contributed by atoms with E-state index in [0.29, 0.717) is 0 Å². The average Bonchev–Trinajstić information content (AvgIpc) is 2.48. The molecule has 0 saturated heterocycles. The zero-order valence-electron chi connectivity index (χ0n) is 12.4. The number of aromatic nitrogens is 2. The van der Waals surface area contributed by atoms with Gasteiger partial charge in [0, 0.05) is 16.7 Å². The van der Waals surface area contributed by atoms with Gasteiger partial charge in [-0.2, -0.15) is 13.2 Å². The summed E-state index contributed by atoms with van der Waals surface area (Å²) >= 11 is -0.253. The van der Waals surface area contributed by atoms with Gasteiger partial charge >= 0.3 is 11.2 Å². The summed E-state index contributed by atoms with van der Waals surface area (Å²) < 4.78 is 37.5. The fourth-order valence-corrected chi connectivity index (χ4v) is 2.13. The third-order valence-electron chi connectivity index (χ3n) is 2.46. The largest absolute Gasteiger partial charge is 0.446 e. The lowest BCUT2D eigenvalue weighted by atomic mass is 10.2. The second-order valence-electron chi connectivity index (χ2n) is 3.91. The van der Waals surface area contributed by atoms with Crippen molar-refractivity contribution in [3.8, 4) is 0 Å². The monoisotopic (exact) mass is 344 g/mol. The van der Waals surface area contributed by atoms with Crippen LogP contribution in [-0.4, -0.2) is 20.9 Å². The summed E-state index contributed by atoms with van der Waals surface area (Å²) in [5.74, 6) is -0.233. The van der Waals surface area contributed by atoms with Crippen molar-refractivity contribution < 1.29 is 13.2 Å². The molecule has 0 amide bonds. The molecule has 0 bridgehead atoms. The number of hydrogen-bond donors (Lipinski definition) is 2. The van der Waals surface area contributed by atoms with Gasteiger partial charge < -0.3 is 5.73 Å². The highest BCUT2D eigenvalue weighted by molar-refractivity contribution is 8.00. The van der Waals surface area contributed by atoms with Gasteiger partial charge in [0.05, 0.1) is 0 Å². The number of hydrogen-bond acceptors (Lipinski definition) is 5. The van der Waals surface area contributed by atoms with E-state index < -0.39 is 11.2 Å². The predicted molar refractivity (Wildman–Crippen MR) is 84.8 cm³/mol. The number of nitrogens with two attached hydrogens (primary N) is 1. The number of thioether (sulfide) groups is 1. The molecule has 0 radical (unpaired) electrons. The fraction of sp³-hybridized carbons (Fsp3) is 0.214. The van der Waals surface area contributed by atoms with E-state index in [0.717, 1.165) is 4.57 Å². The van der Waals surface area contributed by atoms with Crippen LogP contribution in [-0.2, 0) is 0 Å². The second-order valence-corrected chi connectivity index (χ2v) is 5.05. The molecule has 0 aliphatic heterocycles. The summed E-state index contributed by atoms with van der Waals surface area (Å²) in [6.45, 7) is 4.00. The average molecular weight is 344 g/mol. The zero-order valence-corrected chi connectivity index (χ0v) is 13.2. The van der Waals surface area contributed by atoms with Crippen LogP contribution >= 0.6 is 11.8 Å². The van der Waals surface area contributed by atoms with Crippen molar-refractivity contribution in [2.45, 2.75) is 24.3 Å². The maximum absolute atomic E-state index is 12.2. The van der Waals surface area contributed by atoms with Crippen molar-refractivity contribution in [3.63, 3.8) is 0 Å². The first-order valence-electron chi connectivity index (χ1n) is 6.56. The first kappa shape index (κ1) is 18.8. The molecule has 23 heavy (non-hydrogen) atoms. The minimum absolute atomic E-state index is 0.00874. The van der Waals surface area contributed by atoms with Gasteiger partial charge in [-0.3, -0.25) is 5.41 Å². The molecule has 0 atom stereocenters. The van der Waals surface area contributed by atoms with E-state index >= 15 is 0 Å². The summed E-state index contributed by atoms with van der Waals surface area (Å²) in [5.41, 5.74) is 0.752. The summed E-state index contributed by atoms with van der Waals surface area (Å²) in [6.07, 6.45) is 1.21. The van der Waals surface area contributed by atoms with Crippen LogP contribution in [0.15, 0.2) is 46.2 Å². The number of anilines is 1. The standard InChI is InChI=1S/C12H9F3N4OS.C2H6/c13-12(14,15)21-8-3-1-7(2-4-8)10(17)19-9(16)5-6-18-11(19)20;1-2/h1-6,17H,16H2;1-2H3. The lowest BCUT2D eigenvalue weighted by molar-refractivity contribution is -0.0328. The predicted octanol–water partition coefficient (Wildman–Crippen LogP) is 3.34. The topological polar surface area (TPSA) is 84.8 Å². The van der Waals surface area contributed by atoms with E-state index in [2.05, 4.69) is 4.98 Å². The smallest absolute Gasteiger partial charge is 0.385 e. The van der Waals surface area contributed by atoms with Crippen LogP contribution in [0.1, 0.15) is 19.4 Å². The van der Waals surface area contributed by atoms with Crippen molar-refractivity contribution in [3.05, 3.63) is 52.6 Å². The van der Waals surface area contributed by atoms with E-state index in [1.165, 1.54) is 36.5 Å². The number of nitrogens with zero attached hydrogens (tertiary/aromatic N) is 2. The Hall–Kier alpha value is -2.29. The third kappa shape index (κ3) is 5.13. The van der Waals surface area contributed by atoms with Gasteiger partial charge in [-0.15, -0.1) is 0 Å². The molecular weight excluding hydrogens is 329 g/mol. The Morgan fingerprint density at radius 2 is 1.78 bits per heavy atom. The van der Waals surface area contributed by atoms with Gasteiger partial charge in [0.2, 0.25) is 0 Å². The summed E-state index contributed by atoms with van der Waals surface area (Å²) in [7, 11) is 0. The molecule has 0 fully saturated rings. The number of nitrogen functional groups attached to an aromatic ring is 1. The number of benzene rings is 1. The number of alkyl halides is 3. The van der Waals surface area contributed by atoms with Crippen molar-refractivity contribution in [2.24, 2.45) is 0 Å². The summed E-state index contributed by atoms with van der Waals surface area (Å²) in [4.78, 5) is 15.1. The van der Waals surface area contributed by atoms with E-state index in [9.17, 15) is 18.0 Å². The van der Waals surface area contributed by atoms with Crippen molar-refractivity contribution >= 4 is 23.4 Å². The minimum Gasteiger partial charge on any atom is -0.385 e. The lowest BCUT2D eigenvalue weighted by Gasteiger charge is -2.10. The molecule has 124 valence electrons. The Kier molecular flexibility index (Phi) is 6.38. The highest BCUT2D eigenvalue weighted by Gasteiger charge is 2.29. The van der Waals surface area contributed by atoms with Crippen LogP contribution < -0.4 is 11.4 Å². The van der Waals surface area contributed by atoms with E-state index in [-0.39, 0.29) is 33.9 Å². The van der Waals surface area contributed by atoms with E-state index in [4.69, 9.17) is 11.1 Å². The Balaban J connectivity index is 0.00000127. The van der Waals surface area contributed by atoms with Crippen LogP contribution in [0.5, 0.6) is 0 Å². The maximum Gasteiger partial charge on any atom is 0.446 e. The van der Waals surface area contributed by atoms with Crippen LogP contribution in [0.4, 0.5) is 19.0 Å². The Morgan fingerprint density at radius 1 is 1.22 bits per heavy atom. The molecule has 0 aliphatic carbocycles. The Bertz CT molecular complexity index is 726. The third-order valence-corrected chi connectivity index (χ3v) is 3.20. The first-order chi connectivity index (χ1) is 10.8. The molecule has 0 unspecified atom stereocenters. The van der Waals surface area contributed by atoms with Crippen molar-refractivity contribution in [2.75, 3.05) is 5.73 Å². The molecular formula is C14H15F3N4OS. The van der Waals surface area contributed by atoms with Gasteiger partial charge in [0.15, 0.2) is 0 Å². The second kappa shape index (κ2) is 7.82. The number of halogens is 3. The highest BCUT2D eigenvalue weighted by Crippen LogP contribution is 2.36. The lowest BCUT2D eigenvalue weighted by Crippen LogP contribution is -2.31. The minimum atomic E-state index is -4.38. The van der Waals surface area contributed by atoms with E-state index in [1.54, 1.807) is 0 Å². The molecule has 2 aromatic rings. The molecule has 0 saturated carbocycles. The molecule has 9 heteroatoms. The summed E-state index contributed by atoms with van der Waals surface area (Å²) in [6, 6.07) is 6.42. The van der Waals surface area contributed by atoms with Gasteiger partial charge in [0.25, 0.3) is 0 Å². The molecule has 0 aliphatic rings. The van der Waals surface area contributed by atoms with Crippen LogP contribution in [0.25, 0.3) is 0 Å². The first-order valence-corrected chi connectivity index (χ1v) is 7.38. The zero-order chi connectivity index (χ0) is 17.6. The normalized spacial score (nSPS) is 10.7. The van der Waals surface area contributed by atoms with Crippen LogP contribution in [0.3, 0.4) is 0 Å². The van der Waals surface area contributed by atoms with Gasteiger partial charge in [-0.25, -0.2) is 14.3 Å². The Morgan fingerprint density at radius 3 is 2.26 bits per heavy atom. The van der Waals surface area contributed by atoms with Crippen molar-refractivity contribution in [1.82, 2.24) is 9.55 Å². The quantitative estimate of drug-likeness (QED) is 0.497. The molecule has 0 spiro atoms. The van der Waals surface area contributed by atoms with Gasteiger partial charge in [-0.05, 0) is 30.0 Å². The Labute approximate surface area is 134 Å². The number of rotatable bonds is 2.